The smallest absolute Gasteiger partial charge is 0.359 e. The van der Waals surface area contributed by atoms with Gasteiger partial charge in [0.05, 0.1) is 28.9 Å². The number of hydrogen-bond donors (Lipinski definition) is 0. The van der Waals surface area contributed by atoms with Gasteiger partial charge in [0.2, 0.25) is 0 Å². The minimum atomic E-state index is -0.547. The lowest BCUT2D eigenvalue weighted by molar-refractivity contribution is 0.0521. The molecule has 29 heavy (non-hydrogen) atoms. The fourth-order valence-electron chi connectivity index (χ4n) is 3.05. The first-order chi connectivity index (χ1) is 14.1. The molecule has 7 heteroatoms. The molecule has 0 aliphatic heterocycles. The van der Waals surface area contributed by atoms with Gasteiger partial charge in [-0.2, -0.15) is 10.4 Å². The molecule has 0 saturated heterocycles. The summed E-state index contributed by atoms with van der Waals surface area (Å²) in [6.07, 6.45) is 0. The highest BCUT2D eigenvalue weighted by Crippen LogP contribution is 2.29. The zero-order chi connectivity index (χ0) is 20.4. The molecule has 0 N–H and O–H groups in total. The van der Waals surface area contributed by atoms with Crippen LogP contribution in [0.1, 0.15) is 23.0 Å². The molecule has 0 unspecified atom stereocenters. The number of aromatic nitrogens is 3. The second-order valence-corrected chi connectivity index (χ2v) is 7.11. The van der Waals surface area contributed by atoms with Crippen molar-refractivity contribution in [1.29, 1.82) is 5.26 Å². The lowest BCUT2D eigenvalue weighted by atomic mass is 10.0. The van der Waals surface area contributed by atoms with Gasteiger partial charge in [-0.25, -0.2) is 14.5 Å². The zero-order valence-electron chi connectivity index (χ0n) is 15.5. The summed E-state index contributed by atoms with van der Waals surface area (Å²) >= 11 is 3.42. The molecule has 0 aliphatic rings. The van der Waals surface area contributed by atoms with Crippen LogP contribution in [-0.2, 0) is 4.74 Å². The largest absolute Gasteiger partial charge is 0.461 e. The Labute approximate surface area is 175 Å². The fourth-order valence-corrected chi connectivity index (χ4v) is 3.32. The summed E-state index contributed by atoms with van der Waals surface area (Å²) in [6, 6.07) is 20.8. The van der Waals surface area contributed by atoms with Crippen LogP contribution in [0, 0.1) is 11.3 Å². The average molecular weight is 447 g/mol. The van der Waals surface area contributed by atoms with E-state index in [1.165, 1.54) is 0 Å². The highest BCUT2D eigenvalue weighted by Gasteiger charge is 2.23. The lowest BCUT2D eigenvalue weighted by Crippen LogP contribution is -2.07. The SMILES string of the molecule is CCOC(=O)c1nn(-c2ccccc2)c2nc(-c3ccc(Br)cc3)c(C#N)cc12. The number of para-hydroxylation sites is 1. The van der Waals surface area contributed by atoms with Gasteiger partial charge in [-0.3, -0.25) is 0 Å². The summed E-state index contributed by atoms with van der Waals surface area (Å²) in [5.74, 6) is -0.547. The first-order valence-electron chi connectivity index (χ1n) is 8.94. The van der Waals surface area contributed by atoms with Gasteiger partial charge >= 0.3 is 5.97 Å². The van der Waals surface area contributed by atoms with Crippen molar-refractivity contribution < 1.29 is 9.53 Å². The molecule has 0 radical (unpaired) electrons. The fraction of sp³-hybridized carbons (Fsp3) is 0.0909. The van der Waals surface area contributed by atoms with Crippen LogP contribution in [-0.4, -0.2) is 27.3 Å². The second-order valence-electron chi connectivity index (χ2n) is 6.19. The normalized spacial score (nSPS) is 10.7. The Morgan fingerprint density at radius 1 is 1.17 bits per heavy atom. The number of pyridine rings is 1. The standard InChI is InChI=1S/C22H15BrN4O2/c1-2-29-22(28)20-18-12-15(13-24)19(14-8-10-16(23)11-9-14)25-21(18)27(26-20)17-6-4-3-5-7-17/h3-12H,2H2,1H3. The number of fused-ring (bicyclic) bond motifs is 1. The van der Waals surface area contributed by atoms with Gasteiger partial charge in [0.25, 0.3) is 0 Å². The van der Waals surface area contributed by atoms with Crippen molar-refractivity contribution in [2.75, 3.05) is 6.61 Å². The van der Waals surface area contributed by atoms with E-state index in [0.29, 0.717) is 22.3 Å². The van der Waals surface area contributed by atoms with Crippen molar-refractivity contribution >= 4 is 32.9 Å². The molecule has 0 atom stereocenters. The van der Waals surface area contributed by atoms with Crippen LogP contribution in [0.4, 0.5) is 0 Å². The zero-order valence-corrected chi connectivity index (χ0v) is 17.0. The summed E-state index contributed by atoms with van der Waals surface area (Å²) in [7, 11) is 0. The van der Waals surface area contributed by atoms with Gasteiger partial charge in [0.15, 0.2) is 11.3 Å². The average Bonchev–Trinajstić information content (AvgIpc) is 3.13. The molecule has 2 aromatic carbocycles. The van der Waals surface area contributed by atoms with Gasteiger partial charge in [-0.1, -0.05) is 46.3 Å². The number of benzene rings is 2. The minimum absolute atomic E-state index is 0.136. The van der Waals surface area contributed by atoms with E-state index in [4.69, 9.17) is 9.72 Å². The molecule has 2 aromatic heterocycles. The van der Waals surface area contributed by atoms with E-state index < -0.39 is 5.97 Å². The quantitative estimate of drug-likeness (QED) is 0.416. The van der Waals surface area contributed by atoms with Crippen LogP contribution in [0.5, 0.6) is 0 Å². The summed E-state index contributed by atoms with van der Waals surface area (Å²) < 4.78 is 7.69. The van der Waals surface area contributed by atoms with Crippen molar-refractivity contribution in [3.63, 3.8) is 0 Å². The van der Waals surface area contributed by atoms with Gasteiger partial charge in [-0.15, -0.1) is 0 Å². The number of carbonyl (C=O) groups excluding carboxylic acids is 1. The van der Waals surface area contributed by atoms with E-state index in [9.17, 15) is 10.1 Å². The van der Waals surface area contributed by atoms with Gasteiger partial charge in [-0.05, 0) is 37.3 Å². The number of nitrogens with zero attached hydrogens (tertiary/aromatic N) is 4. The predicted octanol–water partition coefficient (Wildman–Crippen LogP) is 4.90. The van der Waals surface area contributed by atoms with Crippen LogP contribution in [0.15, 0.2) is 65.1 Å². The first-order valence-corrected chi connectivity index (χ1v) is 9.74. The summed E-state index contributed by atoms with van der Waals surface area (Å²) in [6.45, 7) is 1.97. The number of ether oxygens (including phenoxy) is 1. The van der Waals surface area contributed by atoms with Crippen LogP contribution in [0.25, 0.3) is 28.0 Å². The molecule has 6 nitrogen and oxygen atoms in total. The molecule has 0 aliphatic carbocycles. The number of carbonyl (C=O) groups is 1. The van der Waals surface area contributed by atoms with Gasteiger partial charge in [0.1, 0.15) is 6.07 Å². The minimum Gasteiger partial charge on any atom is -0.461 e. The van der Waals surface area contributed by atoms with E-state index in [1.54, 1.807) is 17.7 Å². The molecule has 0 fully saturated rings. The van der Waals surface area contributed by atoms with Crippen molar-refractivity contribution in [3.05, 3.63) is 76.4 Å². The van der Waals surface area contributed by atoms with Crippen LogP contribution >= 0.6 is 15.9 Å². The van der Waals surface area contributed by atoms with E-state index in [-0.39, 0.29) is 12.3 Å². The summed E-state index contributed by atoms with van der Waals surface area (Å²) in [5.41, 5.74) is 3.06. The molecule has 0 spiro atoms. The molecule has 142 valence electrons. The van der Waals surface area contributed by atoms with E-state index >= 15 is 0 Å². The maximum Gasteiger partial charge on any atom is 0.359 e. The predicted molar refractivity (Wildman–Crippen MR) is 113 cm³/mol. The Balaban J connectivity index is 2.02. The Bertz CT molecular complexity index is 1240. The third-order valence-electron chi connectivity index (χ3n) is 4.37. The number of hydrogen-bond acceptors (Lipinski definition) is 5. The Kier molecular flexibility index (Phi) is 5.10. The van der Waals surface area contributed by atoms with Crippen LogP contribution in [0.2, 0.25) is 0 Å². The maximum atomic E-state index is 12.5. The lowest BCUT2D eigenvalue weighted by Gasteiger charge is -2.07. The van der Waals surface area contributed by atoms with Crippen LogP contribution in [0.3, 0.4) is 0 Å². The van der Waals surface area contributed by atoms with Gasteiger partial charge < -0.3 is 4.74 Å². The molecule has 4 rings (SSSR count). The molecule has 2 heterocycles. The molecular weight excluding hydrogens is 432 g/mol. The Morgan fingerprint density at radius 3 is 2.55 bits per heavy atom. The third kappa shape index (κ3) is 3.50. The topological polar surface area (TPSA) is 80.8 Å². The number of nitriles is 1. The van der Waals surface area contributed by atoms with E-state index in [1.807, 2.05) is 54.6 Å². The monoisotopic (exact) mass is 446 g/mol. The number of halogens is 1. The second kappa shape index (κ2) is 7.86. The highest BCUT2D eigenvalue weighted by atomic mass is 79.9. The first kappa shape index (κ1) is 18.8. The van der Waals surface area contributed by atoms with Gasteiger partial charge in [0, 0.05) is 10.0 Å². The Morgan fingerprint density at radius 2 is 1.90 bits per heavy atom. The molecular formula is C22H15BrN4O2. The number of esters is 1. The third-order valence-corrected chi connectivity index (χ3v) is 4.89. The molecule has 0 bridgehead atoms. The summed E-state index contributed by atoms with van der Waals surface area (Å²) in [4.78, 5) is 17.2. The molecule has 0 amide bonds. The van der Waals surface area contributed by atoms with Crippen LogP contribution < -0.4 is 0 Å². The van der Waals surface area contributed by atoms with E-state index in [0.717, 1.165) is 15.7 Å². The summed E-state index contributed by atoms with van der Waals surface area (Å²) in [5, 5.41) is 14.6. The van der Waals surface area contributed by atoms with Crippen molar-refractivity contribution in [3.8, 4) is 23.0 Å². The number of rotatable bonds is 4. The molecule has 0 saturated carbocycles. The maximum absolute atomic E-state index is 12.5. The Hall–Kier alpha value is -3.50. The van der Waals surface area contributed by atoms with Crippen molar-refractivity contribution in [1.82, 2.24) is 14.8 Å². The highest BCUT2D eigenvalue weighted by molar-refractivity contribution is 9.10. The van der Waals surface area contributed by atoms with Crippen molar-refractivity contribution in [2.24, 2.45) is 0 Å². The molecule has 4 aromatic rings. The van der Waals surface area contributed by atoms with Crippen molar-refractivity contribution in [2.45, 2.75) is 6.92 Å². The van der Waals surface area contributed by atoms with E-state index in [2.05, 4.69) is 27.1 Å².